The van der Waals surface area contributed by atoms with Gasteiger partial charge in [0.2, 0.25) is 5.88 Å². The first-order chi connectivity index (χ1) is 10.1. The lowest BCUT2D eigenvalue weighted by molar-refractivity contribution is 0.380. The monoisotopic (exact) mass is 322 g/mol. The van der Waals surface area contributed by atoms with Gasteiger partial charge in [0.25, 0.3) is 5.56 Å². The molecule has 0 saturated carbocycles. The van der Waals surface area contributed by atoms with Crippen LogP contribution in [0.4, 0.5) is 0 Å². The van der Waals surface area contributed by atoms with Gasteiger partial charge in [-0.1, -0.05) is 39.0 Å². The molecule has 2 rings (SSSR count). The third-order valence-electron chi connectivity index (χ3n) is 3.17. The van der Waals surface area contributed by atoms with E-state index >= 15 is 0 Å². The van der Waals surface area contributed by atoms with Crippen LogP contribution in [0.2, 0.25) is 0 Å². The van der Waals surface area contributed by atoms with Crippen LogP contribution >= 0.6 is 7.60 Å². The molecule has 0 spiro atoms. The molecule has 1 N–H and O–H groups in total. The number of hydrogen-bond donors (Lipinski definition) is 1. The van der Waals surface area contributed by atoms with Gasteiger partial charge in [0, 0.05) is 19.2 Å². The Hall–Kier alpha value is -1.91. The molecule has 0 amide bonds. The van der Waals surface area contributed by atoms with Gasteiger partial charge in [-0.2, -0.15) is 0 Å². The highest BCUT2D eigenvalue weighted by atomic mass is 31.2. The van der Waals surface area contributed by atoms with Gasteiger partial charge in [0.15, 0.2) is 0 Å². The predicted molar refractivity (Wildman–Crippen MR) is 84.7 cm³/mol. The van der Waals surface area contributed by atoms with Gasteiger partial charge >= 0.3 is 7.60 Å². The standard InChI is InChI=1S/C15H19N2O4P/c1-15(2,3)11-7-5-6-8-12(11)22(19,20)21-13-9-10-14(18)17(4)16-13/h5-10H,1-4H3,(H,19,20). The average Bonchev–Trinajstić information content (AvgIpc) is 2.42. The van der Waals surface area contributed by atoms with Crippen molar-refractivity contribution in [1.29, 1.82) is 0 Å². The minimum atomic E-state index is -4.11. The summed E-state index contributed by atoms with van der Waals surface area (Å²) in [5.74, 6) is -0.0726. The van der Waals surface area contributed by atoms with Crippen LogP contribution in [-0.4, -0.2) is 14.7 Å². The molecule has 2 aromatic rings. The summed E-state index contributed by atoms with van der Waals surface area (Å²) in [6, 6.07) is 9.39. The molecule has 7 heteroatoms. The van der Waals surface area contributed by atoms with Crippen LogP contribution in [0.1, 0.15) is 26.3 Å². The minimum absolute atomic E-state index is 0.0726. The molecule has 0 fully saturated rings. The van der Waals surface area contributed by atoms with Crippen LogP contribution in [0, 0.1) is 0 Å². The number of benzene rings is 1. The quantitative estimate of drug-likeness (QED) is 0.874. The fourth-order valence-electron chi connectivity index (χ4n) is 2.06. The summed E-state index contributed by atoms with van der Waals surface area (Å²) >= 11 is 0. The molecule has 1 heterocycles. The second-order valence-corrected chi connectivity index (χ2v) is 7.72. The van der Waals surface area contributed by atoms with Crippen molar-refractivity contribution in [3.05, 3.63) is 52.3 Å². The first kappa shape index (κ1) is 16.5. The van der Waals surface area contributed by atoms with Gasteiger partial charge in [-0.05, 0) is 17.0 Å². The number of hydrogen-bond acceptors (Lipinski definition) is 4. The van der Waals surface area contributed by atoms with Crippen molar-refractivity contribution in [2.24, 2.45) is 7.05 Å². The predicted octanol–water partition coefficient (Wildman–Crippen LogP) is 1.97. The third-order valence-corrected chi connectivity index (χ3v) is 4.60. The summed E-state index contributed by atoms with van der Waals surface area (Å²) in [7, 11) is -2.67. The SMILES string of the molecule is Cn1nc(OP(=O)(O)c2ccccc2C(C)(C)C)ccc1=O. The van der Waals surface area contributed by atoms with E-state index < -0.39 is 7.60 Å². The van der Waals surface area contributed by atoms with Crippen molar-refractivity contribution in [2.75, 3.05) is 0 Å². The summed E-state index contributed by atoms with van der Waals surface area (Å²) in [5.41, 5.74) is 0.0934. The van der Waals surface area contributed by atoms with E-state index in [2.05, 4.69) is 5.10 Å². The van der Waals surface area contributed by atoms with Gasteiger partial charge in [0.05, 0.1) is 5.30 Å². The van der Waals surface area contributed by atoms with E-state index in [0.717, 1.165) is 10.2 Å². The van der Waals surface area contributed by atoms with Crippen LogP contribution in [-0.2, 0) is 17.0 Å². The Kier molecular flexibility index (Phi) is 4.27. The molecule has 0 aliphatic heterocycles. The Morgan fingerprint density at radius 3 is 2.41 bits per heavy atom. The van der Waals surface area contributed by atoms with Crippen LogP contribution in [0.25, 0.3) is 0 Å². The Morgan fingerprint density at radius 2 is 1.82 bits per heavy atom. The smallest absolute Gasteiger partial charge is 0.401 e. The fraction of sp³-hybridized carbons (Fsp3) is 0.333. The molecule has 1 aromatic heterocycles. The van der Waals surface area contributed by atoms with Crippen molar-refractivity contribution in [3.8, 4) is 5.88 Å². The van der Waals surface area contributed by atoms with Gasteiger partial charge in [0.1, 0.15) is 0 Å². The molecule has 0 aliphatic carbocycles. The molecule has 1 atom stereocenters. The molecule has 118 valence electrons. The Balaban J connectivity index is 2.45. The second kappa shape index (κ2) is 5.71. The summed E-state index contributed by atoms with van der Waals surface area (Å²) in [6.07, 6.45) is 0. The topological polar surface area (TPSA) is 81.4 Å². The van der Waals surface area contributed by atoms with E-state index in [1.165, 1.54) is 19.2 Å². The normalized spacial score (nSPS) is 14.4. The van der Waals surface area contributed by atoms with Crippen molar-refractivity contribution < 1.29 is 14.0 Å². The van der Waals surface area contributed by atoms with Crippen LogP contribution in [0.3, 0.4) is 0 Å². The number of rotatable bonds is 3. The zero-order chi connectivity index (χ0) is 16.5. The summed E-state index contributed by atoms with van der Waals surface area (Å²) < 4.78 is 18.9. The zero-order valence-electron chi connectivity index (χ0n) is 13.0. The maximum atomic E-state index is 12.7. The zero-order valence-corrected chi connectivity index (χ0v) is 13.9. The lowest BCUT2D eigenvalue weighted by atomic mass is 9.87. The number of aromatic nitrogens is 2. The molecule has 1 aromatic carbocycles. The van der Waals surface area contributed by atoms with E-state index in [-0.39, 0.29) is 22.2 Å². The Labute approximate surface area is 128 Å². The highest BCUT2D eigenvalue weighted by Crippen LogP contribution is 2.43. The number of nitrogens with zero attached hydrogens (tertiary/aromatic N) is 2. The van der Waals surface area contributed by atoms with Gasteiger partial charge in [-0.3, -0.25) is 4.79 Å². The van der Waals surface area contributed by atoms with Crippen LogP contribution < -0.4 is 15.4 Å². The average molecular weight is 322 g/mol. The highest BCUT2D eigenvalue weighted by molar-refractivity contribution is 7.61. The second-order valence-electron chi connectivity index (χ2n) is 6.01. The molecule has 0 saturated heterocycles. The molecular weight excluding hydrogens is 303 g/mol. The third kappa shape index (κ3) is 3.46. The maximum absolute atomic E-state index is 12.7. The van der Waals surface area contributed by atoms with Gasteiger partial charge in [-0.15, -0.1) is 5.10 Å². The first-order valence-corrected chi connectivity index (χ1v) is 8.36. The molecule has 0 bridgehead atoms. The molecule has 0 aliphatic rings. The molecule has 22 heavy (non-hydrogen) atoms. The first-order valence-electron chi connectivity index (χ1n) is 6.78. The Morgan fingerprint density at radius 1 is 1.18 bits per heavy atom. The van der Waals surface area contributed by atoms with Gasteiger partial charge in [-0.25, -0.2) is 9.25 Å². The van der Waals surface area contributed by atoms with E-state index in [1.807, 2.05) is 26.8 Å². The summed E-state index contributed by atoms with van der Waals surface area (Å²) in [4.78, 5) is 21.7. The lowest BCUT2D eigenvalue weighted by Crippen LogP contribution is -2.25. The maximum Gasteiger partial charge on any atom is 0.409 e. The fourth-order valence-corrected chi connectivity index (χ4v) is 3.50. The highest BCUT2D eigenvalue weighted by Gasteiger charge is 2.32. The minimum Gasteiger partial charge on any atom is -0.401 e. The molecule has 0 radical (unpaired) electrons. The Bertz CT molecular complexity index is 793. The van der Waals surface area contributed by atoms with Crippen molar-refractivity contribution >= 4 is 12.9 Å². The molecular formula is C15H19N2O4P. The van der Waals surface area contributed by atoms with Crippen molar-refractivity contribution in [3.63, 3.8) is 0 Å². The molecule has 1 unspecified atom stereocenters. The van der Waals surface area contributed by atoms with E-state index in [4.69, 9.17) is 4.52 Å². The van der Waals surface area contributed by atoms with Crippen molar-refractivity contribution in [2.45, 2.75) is 26.2 Å². The van der Waals surface area contributed by atoms with E-state index in [0.29, 0.717) is 0 Å². The molecule has 6 nitrogen and oxygen atoms in total. The van der Waals surface area contributed by atoms with E-state index in [9.17, 15) is 14.3 Å². The van der Waals surface area contributed by atoms with Crippen molar-refractivity contribution in [1.82, 2.24) is 9.78 Å². The van der Waals surface area contributed by atoms with E-state index in [1.54, 1.807) is 18.2 Å². The number of aryl methyl sites for hydroxylation is 1. The van der Waals surface area contributed by atoms with Gasteiger partial charge < -0.3 is 9.42 Å². The lowest BCUT2D eigenvalue weighted by Gasteiger charge is -2.24. The van der Waals surface area contributed by atoms with Crippen LogP contribution in [0.15, 0.2) is 41.2 Å². The van der Waals surface area contributed by atoms with Crippen LogP contribution in [0.5, 0.6) is 5.88 Å². The summed E-state index contributed by atoms with van der Waals surface area (Å²) in [6.45, 7) is 5.86. The largest absolute Gasteiger partial charge is 0.409 e. The summed E-state index contributed by atoms with van der Waals surface area (Å²) in [5, 5.41) is 4.06.